The number of benzene rings is 2. The fourth-order valence-electron chi connectivity index (χ4n) is 2.52. The zero-order valence-corrected chi connectivity index (χ0v) is 16.6. The fraction of sp³-hybridized carbons (Fsp3) is 0.211. The van der Waals surface area contributed by atoms with Crippen LogP contribution in [0.2, 0.25) is 0 Å². The van der Waals surface area contributed by atoms with Crippen LogP contribution in [0.4, 0.5) is 0 Å². The summed E-state index contributed by atoms with van der Waals surface area (Å²) in [4.78, 5) is 4.66. The van der Waals surface area contributed by atoms with Crippen LogP contribution < -0.4 is 9.47 Å². The van der Waals surface area contributed by atoms with Crippen molar-refractivity contribution in [2.45, 2.75) is 17.5 Å². The third-order valence-corrected chi connectivity index (χ3v) is 6.27. The smallest absolute Gasteiger partial charge is 0.191 e. The van der Waals surface area contributed by atoms with E-state index in [0.717, 1.165) is 38.8 Å². The Morgan fingerprint density at radius 1 is 1.04 bits per heavy atom. The molecule has 2 aromatic carbocycles. The van der Waals surface area contributed by atoms with Gasteiger partial charge in [-0.05, 0) is 36.4 Å². The van der Waals surface area contributed by atoms with Gasteiger partial charge in [-0.1, -0.05) is 23.9 Å². The Bertz CT molecular complexity index is 1010. The predicted octanol–water partition coefficient (Wildman–Crippen LogP) is 4.30. The second-order valence-corrected chi connectivity index (χ2v) is 7.84. The molecule has 0 bridgehead atoms. The molecule has 6 nitrogen and oxygen atoms in total. The van der Waals surface area contributed by atoms with Crippen molar-refractivity contribution in [2.24, 2.45) is 7.05 Å². The first-order chi connectivity index (χ1) is 13.2. The van der Waals surface area contributed by atoms with Crippen LogP contribution in [-0.4, -0.2) is 26.9 Å². The molecule has 8 heteroatoms. The van der Waals surface area contributed by atoms with Crippen molar-refractivity contribution < 1.29 is 9.47 Å². The first-order valence-electron chi connectivity index (χ1n) is 8.35. The normalized spacial score (nSPS) is 11.0. The Labute approximate surface area is 165 Å². The summed E-state index contributed by atoms with van der Waals surface area (Å²) in [6.07, 6.45) is 0. The monoisotopic (exact) mass is 398 g/mol. The number of ether oxygens (including phenoxy) is 2. The van der Waals surface area contributed by atoms with Crippen molar-refractivity contribution in [2.75, 3.05) is 7.11 Å². The van der Waals surface area contributed by atoms with E-state index >= 15 is 0 Å². The van der Waals surface area contributed by atoms with E-state index in [4.69, 9.17) is 9.47 Å². The summed E-state index contributed by atoms with van der Waals surface area (Å²) in [7, 11) is 3.59. The molecule has 0 aliphatic rings. The van der Waals surface area contributed by atoms with Crippen LogP contribution in [0.3, 0.4) is 0 Å². The molecule has 0 radical (unpaired) electrons. The Balaban J connectivity index is 1.37. The number of thiazole rings is 1. The van der Waals surface area contributed by atoms with E-state index in [1.165, 1.54) is 4.70 Å². The third-order valence-electron chi connectivity index (χ3n) is 4.02. The SMILES string of the molecule is COc1ccc(OCc2nnc(SCc3nc4ccccc4s3)n2C)cc1. The topological polar surface area (TPSA) is 62.1 Å². The highest BCUT2D eigenvalue weighted by Gasteiger charge is 2.12. The van der Waals surface area contributed by atoms with E-state index in [-0.39, 0.29) is 0 Å². The van der Waals surface area contributed by atoms with Gasteiger partial charge in [-0.15, -0.1) is 21.5 Å². The number of rotatable bonds is 7. The van der Waals surface area contributed by atoms with Crippen LogP contribution in [0.5, 0.6) is 11.5 Å². The van der Waals surface area contributed by atoms with Gasteiger partial charge >= 0.3 is 0 Å². The Hall–Kier alpha value is -2.58. The zero-order chi connectivity index (χ0) is 18.6. The molecular formula is C19H18N4O2S2. The quantitative estimate of drug-likeness (QED) is 0.433. The minimum Gasteiger partial charge on any atom is -0.497 e. The summed E-state index contributed by atoms with van der Waals surface area (Å²) in [5.41, 5.74) is 1.05. The lowest BCUT2D eigenvalue weighted by molar-refractivity contribution is 0.290. The van der Waals surface area contributed by atoms with Crippen LogP contribution in [0, 0.1) is 0 Å². The predicted molar refractivity (Wildman–Crippen MR) is 108 cm³/mol. The number of hydrogen-bond donors (Lipinski definition) is 0. The van der Waals surface area contributed by atoms with Crippen molar-refractivity contribution in [1.82, 2.24) is 19.7 Å². The number of nitrogens with zero attached hydrogens (tertiary/aromatic N) is 4. The Morgan fingerprint density at radius 3 is 2.59 bits per heavy atom. The standard InChI is InChI=1S/C19H18N4O2S2/c1-23-17(11-25-14-9-7-13(24-2)8-10-14)21-22-19(23)26-12-18-20-15-5-3-4-6-16(15)27-18/h3-10H,11-12H2,1-2H3. The minimum atomic E-state index is 0.359. The molecule has 0 unspecified atom stereocenters. The van der Waals surface area contributed by atoms with Crippen LogP contribution in [0.1, 0.15) is 10.8 Å². The Morgan fingerprint density at radius 2 is 1.81 bits per heavy atom. The van der Waals surface area contributed by atoms with Crippen molar-refractivity contribution in [3.8, 4) is 11.5 Å². The molecule has 0 aliphatic heterocycles. The molecule has 0 aliphatic carbocycles. The lowest BCUT2D eigenvalue weighted by Gasteiger charge is -2.07. The summed E-state index contributed by atoms with van der Waals surface area (Å²) in [6, 6.07) is 15.7. The summed E-state index contributed by atoms with van der Waals surface area (Å²) in [5.74, 6) is 3.11. The van der Waals surface area contributed by atoms with E-state index in [1.807, 2.05) is 54.1 Å². The Kier molecular flexibility index (Phi) is 5.26. The van der Waals surface area contributed by atoms with Crippen LogP contribution >= 0.6 is 23.1 Å². The van der Waals surface area contributed by atoms with Crippen molar-refractivity contribution >= 4 is 33.3 Å². The molecule has 4 rings (SSSR count). The highest BCUT2D eigenvalue weighted by atomic mass is 32.2. The van der Waals surface area contributed by atoms with E-state index in [2.05, 4.69) is 21.2 Å². The van der Waals surface area contributed by atoms with E-state index in [0.29, 0.717) is 6.61 Å². The van der Waals surface area contributed by atoms with Gasteiger partial charge in [-0.25, -0.2) is 4.98 Å². The van der Waals surface area contributed by atoms with Crippen molar-refractivity contribution in [3.63, 3.8) is 0 Å². The van der Waals surface area contributed by atoms with Gasteiger partial charge in [-0.3, -0.25) is 0 Å². The van der Waals surface area contributed by atoms with Gasteiger partial charge < -0.3 is 14.0 Å². The lowest BCUT2D eigenvalue weighted by atomic mass is 10.3. The van der Waals surface area contributed by atoms with E-state index in [1.54, 1.807) is 30.2 Å². The van der Waals surface area contributed by atoms with Crippen LogP contribution in [-0.2, 0) is 19.4 Å². The van der Waals surface area contributed by atoms with Gasteiger partial charge in [0.05, 0.1) is 23.1 Å². The van der Waals surface area contributed by atoms with Gasteiger partial charge in [0.2, 0.25) is 0 Å². The first-order valence-corrected chi connectivity index (χ1v) is 10.2. The summed E-state index contributed by atoms with van der Waals surface area (Å²) >= 11 is 3.34. The number of methoxy groups -OCH3 is 1. The average molecular weight is 399 g/mol. The van der Waals surface area contributed by atoms with Crippen LogP contribution in [0.15, 0.2) is 53.7 Å². The molecule has 27 heavy (non-hydrogen) atoms. The summed E-state index contributed by atoms with van der Waals surface area (Å²) in [5, 5.41) is 10.5. The highest BCUT2D eigenvalue weighted by Crippen LogP contribution is 2.28. The van der Waals surface area contributed by atoms with Crippen molar-refractivity contribution in [3.05, 3.63) is 59.4 Å². The second-order valence-electron chi connectivity index (χ2n) is 5.79. The van der Waals surface area contributed by atoms with Gasteiger partial charge in [0.1, 0.15) is 23.1 Å². The van der Waals surface area contributed by atoms with Gasteiger partial charge in [0.15, 0.2) is 11.0 Å². The average Bonchev–Trinajstić information content (AvgIpc) is 3.28. The molecule has 138 valence electrons. The second kappa shape index (κ2) is 7.98. The van der Waals surface area contributed by atoms with E-state index in [9.17, 15) is 0 Å². The lowest BCUT2D eigenvalue weighted by Crippen LogP contribution is -2.04. The number of fused-ring (bicyclic) bond motifs is 1. The molecule has 0 fully saturated rings. The molecule has 0 atom stereocenters. The summed E-state index contributed by atoms with van der Waals surface area (Å²) in [6.45, 7) is 0.359. The van der Waals surface area contributed by atoms with E-state index < -0.39 is 0 Å². The molecular weight excluding hydrogens is 380 g/mol. The molecule has 4 aromatic rings. The van der Waals surface area contributed by atoms with Gasteiger partial charge in [0, 0.05) is 7.05 Å². The molecule has 0 saturated heterocycles. The number of hydrogen-bond acceptors (Lipinski definition) is 7. The van der Waals surface area contributed by atoms with Crippen LogP contribution in [0.25, 0.3) is 10.2 Å². The highest BCUT2D eigenvalue weighted by molar-refractivity contribution is 7.98. The number of thioether (sulfide) groups is 1. The molecule has 0 N–H and O–H groups in total. The molecule has 2 heterocycles. The third kappa shape index (κ3) is 4.06. The first kappa shape index (κ1) is 17.8. The maximum Gasteiger partial charge on any atom is 0.191 e. The van der Waals surface area contributed by atoms with Crippen molar-refractivity contribution in [1.29, 1.82) is 0 Å². The zero-order valence-electron chi connectivity index (χ0n) is 15.0. The van der Waals surface area contributed by atoms with Gasteiger partial charge in [-0.2, -0.15) is 0 Å². The fourth-order valence-corrected chi connectivity index (χ4v) is 4.41. The molecule has 0 spiro atoms. The molecule has 0 saturated carbocycles. The maximum absolute atomic E-state index is 5.79. The minimum absolute atomic E-state index is 0.359. The maximum atomic E-state index is 5.79. The van der Waals surface area contributed by atoms with Gasteiger partial charge in [0.25, 0.3) is 0 Å². The number of para-hydroxylation sites is 1. The largest absolute Gasteiger partial charge is 0.497 e. The molecule has 0 amide bonds. The number of aromatic nitrogens is 4. The molecule has 2 aromatic heterocycles. The summed E-state index contributed by atoms with van der Waals surface area (Å²) < 4.78 is 14.1.